The zero-order chi connectivity index (χ0) is 13.1. The molecule has 1 amide bonds. The first-order valence-corrected chi connectivity index (χ1v) is 7.03. The minimum absolute atomic E-state index is 0.0225. The Hall–Kier alpha value is -1.43. The van der Waals surface area contributed by atoms with Crippen LogP contribution in [0.1, 0.15) is 19.8 Å². The minimum atomic E-state index is -3.41. The van der Waals surface area contributed by atoms with E-state index in [1.54, 1.807) is 0 Å². The SMILES string of the molecule is CCCC(=O)Nc1cc(S(C)(=O)=O)ccc1F. The average molecular weight is 259 g/mol. The molecule has 0 aromatic heterocycles. The Balaban J connectivity index is 3.03. The highest BCUT2D eigenvalue weighted by Gasteiger charge is 2.12. The molecule has 0 unspecified atom stereocenters. The largest absolute Gasteiger partial charge is 0.324 e. The van der Waals surface area contributed by atoms with Crippen molar-refractivity contribution >= 4 is 21.4 Å². The smallest absolute Gasteiger partial charge is 0.224 e. The molecular weight excluding hydrogens is 245 g/mol. The summed E-state index contributed by atoms with van der Waals surface area (Å²) in [6.45, 7) is 1.82. The Labute approximate surface area is 99.8 Å². The van der Waals surface area contributed by atoms with Gasteiger partial charge in [-0.2, -0.15) is 0 Å². The maximum absolute atomic E-state index is 13.3. The highest BCUT2D eigenvalue weighted by molar-refractivity contribution is 7.90. The van der Waals surface area contributed by atoms with Gasteiger partial charge < -0.3 is 5.32 Å². The van der Waals surface area contributed by atoms with E-state index in [1.807, 2.05) is 6.92 Å². The van der Waals surface area contributed by atoms with Gasteiger partial charge in [-0.1, -0.05) is 6.92 Å². The van der Waals surface area contributed by atoms with Gasteiger partial charge in [0, 0.05) is 12.7 Å². The van der Waals surface area contributed by atoms with Crippen molar-refractivity contribution in [3.63, 3.8) is 0 Å². The lowest BCUT2D eigenvalue weighted by Gasteiger charge is -2.07. The molecule has 1 aromatic carbocycles. The standard InChI is InChI=1S/C11H14FNO3S/c1-3-4-11(14)13-10-7-8(17(2,15)16)5-6-9(10)12/h5-7H,3-4H2,1-2H3,(H,13,14). The second-order valence-corrected chi connectivity index (χ2v) is 5.73. The summed E-state index contributed by atoms with van der Waals surface area (Å²) in [5.41, 5.74) is -0.105. The number of nitrogens with one attached hydrogen (secondary N) is 1. The molecule has 17 heavy (non-hydrogen) atoms. The van der Waals surface area contributed by atoms with Crippen LogP contribution in [0.5, 0.6) is 0 Å². The van der Waals surface area contributed by atoms with E-state index in [0.717, 1.165) is 18.4 Å². The van der Waals surface area contributed by atoms with Gasteiger partial charge in [-0.25, -0.2) is 12.8 Å². The monoisotopic (exact) mass is 259 g/mol. The van der Waals surface area contributed by atoms with E-state index in [1.165, 1.54) is 6.07 Å². The molecule has 0 atom stereocenters. The lowest BCUT2D eigenvalue weighted by atomic mass is 10.2. The molecule has 0 fully saturated rings. The van der Waals surface area contributed by atoms with Crippen molar-refractivity contribution in [2.45, 2.75) is 24.7 Å². The average Bonchev–Trinajstić information content (AvgIpc) is 2.20. The van der Waals surface area contributed by atoms with Crippen LogP contribution in [0.25, 0.3) is 0 Å². The van der Waals surface area contributed by atoms with E-state index in [2.05, 4.69) is 5.32 Å². The predicted octanol–water partition coefficient (Wildman–Crippen LogP) is 1.97. The lowest BCUT2D eigenvalue weighted by Crippen LogP contribution is -2.12. The minimum Gasteiger partial charge on any atom is -0.324 e. The number of benzene rings is 1. The first kappa shape index (κ1) is 13.6. The second-order valence-electron chi connectivity index (χ2n) is 3.71. The number of amides is 1. The Morgan fingerprint density at radius 3 is 2.59 bits per heavy atom. The molecule has 1 aromatic rings. The Kier molecular flexibility index (Phi) is 4.22. The summed E-state index contributed by atoms with van der Waals surface area (Å²) in [6, 6.07) is 3.32. The molecule has 0 saturated carbocycles. The molecule has 4 nitrogen and oxygen atoms in total. The van der Waals surface area contributed by atoms with Crippen LogP contribution in [0, 0.1) is 5.82 Å². The van der Waals surface area contributed by atoms with E-state index in [9.17, 15) is 17.6 Å². The van der Waals surface area contributed by atoms with Gasteiger partial charge in [0.2, 0.25) is 5.91 Å². The molecule has 94 valence electrons. The molecule has 0 aliphatic rings. The van der Waals surface area contributed by atoms with Gasteiger partial charge in [-0.05, 0) is 24.6 Å². The molecule has 0 bridgehead atoms. The van der Waals surface area contributed by atoms with E-state index in [-0.39, 0.29) is 22.9 Å². The third kappa shape index (κ3) is 3.81. The summed E-state index contributed by atoms with van der Waals surface area (Å²) in [5.74, 6) is -0.987. The summed E-state index contributed by atoms with van der Waals surface area (Å²) in [6.07, 6.45) is 1.93. The van der Waals surface area contributed by atoms with E-state index in [4.69, 9.17) is 0 Å². The topological polar surface area (TPSA) is 63.2 Å². The third-order valence-electron chi connectivity index (χ3n) is 2.12. The number of halogens is 1. The van der Waals surface area contributed by atoms with Crippen molar-refractivity contribution in [2.75, 3.05) is 11.6 Å². The number of anilines is 1. The molecule has 0 aliphatic carbocycles. The molecule has 0 spiro atoms. The molecule has 1 rings (SSSR count). The van der Waals surface area contributed by atoms with Gasteiger partial charge in [0.1, 0.15) is 5.82 Å². The van der Waals surface area contributed by atoms with E-state index < -0.39 is 15.7 Å². The maximum Gasteiger partial charge on any atom is 0.224 e. The normalized spacial score (nSPS) is 11.2. The van der Waals surface area contributed by atoms with Gasteiger partial charge in [-0.15, -0.1) is 0 Å². The quantitative estimate of drug-likeness (QED) is 0.841. The van der Waals surface area contributed by atoms with Crippen LogP contribution < -0.4 is 5.32 Å². The van der Waals surface area contributed by atoms with E-state index >= 15 is 0 Å². The fourth-order valence-electron chi connectivity index (χ4n) is 1.27. The summed E-state index contributed by atoms with van der Waals surface area (Å²) in [5, 5.41) is 2.35. The van der Waals surface area contributed by atoms with Gasteiger partial charge in [-0.3, -0.25) is 4.79 Å². The lowest BCUT2D eigenvalue weighted by molar-refractivity contribution is -0.116. The summed E-state index contributed by atoms with van der Waals surface area (Å²) in [4.78, 5) is 11.3. The van der Waals surface area contributed by atoms with Crippen molar-refractivity contribution in [1.82, 2.24) is 0 Å². The summed E-state index contributed by atoms with van der Waals surface area (Å²) in [7, 11) is -3.41. The van der Waals surface area contributed by atoms with Crippen LogP contribution in [0.2, 0.25) is 0 Å². The number of rotatable bonds is 4. The number of carbonyl (C=O) groups is 1. The summed E-state index contributed by atoms with van der Waals surface area (Å²) < 4.78 is 35.9. The van der Waals surface area contributed by atoms with Crippen LogP contribution in [-0.4, -0.2) is 20.6 Å². The highest BCUT2D eigenvalue weighted by Crippen LogP contribution is 2.19. The number of hydrogen-bond acceptors (Lipinski definition) is 3. The molecule has 6 heteroatoms. The Morgan fingerprint density at radius 2 is 2.06 bits per heavy atom. The summed E-state index contributed by atoms with van der Waals surface area (Å²) >= 11 is 0. The Bertz CT molecular complexity index is 526. The van der Waals surface area contributed by atoms with Crippen molar-refractivity contribution in [3.05, 3.63) is 24.0 Å². The van der Waals surface area contributed by atoms with Crippen molar-refractivity contribution < 1.29 is 17.6 Å². The van der Waals surface area contributed by atoms with Crippen molar-refractivity contribution in [3.8, 4) is 0 Å². The van der Waals surface area contributed by atoms with E-state index in [0.29, 0.717) is 6.42 Å². The Morgan fingerprint density at radius 1 is 1.41 bits per heavy atom. The first-order valence-electron chi connectivity index (χ1n) is 5.14. The fourth-order valence-corrected chi connectivity index (χ4v) is 1.92. The molecule has 0 aliphatic heterocycles. The molecule has 0 heterocycles. The van der Waals surface area contributed by atoms with Crippen LogP contribution in [0.15, 0.2) is 23.1 Å². The van der Waals surface area contributed by atoms with Crippen LogP contribution >= 0.6 is 0 Å². The van der Waals surface area contributed by atoms with Gasteiger partial charge in [0.05, 0.1) is 10.6 Å². The fraction of sp³-hybridized carbons (Fsp3) is 0.364. The maximum atomic E-state index is 13.3. The van der Waals surface area contributed by atoms with Crippen LogP contribution in [0.4, 0.5) is 10.1 Å². The molecule has 0 radical (unpaired) electrons. The van der Waals surface area contributed by atoms with Gasteiger partial charge in [0.15, 0.2) is 9.84 Å². The van der Waals surface area contributed by atoms with Gasteiger partial charge in [0.25, 0.3) is 0 Å². The van der Waals surface area contributed by atoms with Crippen LogP contribution in [-0.2, 0) is 14.6 Å². The molecule has 0 saturated heterocycles. The zero-order valence-electron chi connectivity index (χ0n) is 9.66. The predicted molar refractivity (Wildman–Crippen MR) is 63.0 cm³/mol. The third-order valence-corrected chi connectivity index (χ3v) is 3.23. The number of sulfone groups is 1. The second kappa shape index (κ2) is 5.27. The molecular formula is C11H14FNO3S. The molecule has 1 N–H and O–H groups in total. The number of hydrogen-bond donors (Lipinski definition) is 1. The van der Waals surface area contributed by atoms with Gasteiger partial charge >= 0.3 is 0 Å². The first-order chi connectivity index (χ1) is 7.84. The zero-order valence-corrected chi connectivity index (χ0v) is 10.5. The number of carbonyl (C=O) groups excluding carboxylic acids is 1. The van der Waals surface area contributed by atoms with Crippen LogP contribution in [0.3, 0.4) is 0 Å². The van der Waals surface area contributed by atoms with Crippen molar-refractivity contribution in [1.29, 1.82) is 0 Å². The highest BCUT2D eigenvalue weighted by atomic mass is 32.2. The van der Waals surface area contributed by atoms with Crippen molar-refractivity contribution in [2.24, 2.45) is 0 Å².